The van der Waals surface area contributed by atoms with Crippen molar-refractivity contribution in [2.24, 2.45) is 0 Å². The number of benzene rings is 1. The Kier molecular flexibility index (Phi) is 5.79. The van der Waals surface area contributed by atoms with Crippen molar-refractivity contribution in [3.05, 3.63) is 59.9 Å². The molecule has 0 amide bonds. The van der Waals surface area contributed by atoms with Crippen LogP contribution in [-0.4, -0.2) is 48.3 Å². The molecule has 1 aromatic heterocycles. The highest BCUT2D eigenvalue weighted by Crippen LogP contribution is 2.28. The SMILES string of the molecule is c1cncc(COc2ccccc2CNC[C@@H]2CN(C3CC3)CCO2)c1. The maximum atomic E-state index is 6.00. The first-order valence-electron chi connectivity index (χ1n) is 9.54. The van der Waals surface area contributed by atoms with Crippen molar-refractivity contribution in [1.82, 2.24) is 15.2 Å². The number of hydrogen-bond acceptors (Lipinski definition) is 5. The highest BCUT2D eigenvalue weighted by atomic mass is 16.5. The fourth-order valence-corrected chi connectivity index (χ4v) is 3.44. The van der Waals surface area contributed by atoms with Crippen molar-refractivity contribution >= 4 is 0 Å². The molecule has 0 unspecified atom stereocenters. The summed E-state index contributed by atoms with van der Waals surface area (Å²) in [4.78, 5) is 6.72. The molecule has 26 heavy (non-hydrogen) atoms. The zero-order valence-electron chi connectivity index (χ0n) is 15.1. The molecule has 1 atom stereocenters. The van der Waals surface area contributed by atoms with Crippen LogP contribution in [-0.2, 0) is 17.9 Å². The zero-order valence-corrected chi connectivity index (χ0v) is 15.1. The van der Waals surface area contributed by atoms with Crippen LogP contribution in [0.4, 0.5) is 0 Å². The summed E-state index contributed by atoms with van der Waals surface area (Å²) in [7, 11) is 0. The van der Waals surface area contributed by atoms with E-state index in [0.717, 1.165) is 50.1 Å². The average Bonchev–Trinajstić information content (AvgIpc) is 3.54. The summed E-state index contributed by atoms with van der Waals surface area (Å²) in [5, 5.41) is 3.55. The molecule has 5 nitrogen and oxygen atoms in total. The summed E-state index contributed by atoms with van der Waals surface area (Å²) in [6, 6.07) is 13.0. The van der Waals surface area contributed by atoms with Crippen LogP contribution in [0.25, 0.3) is 0 Å². The molecule has 5 heteroatoms. The van der Waals surface area contributed by atoms with Crippen molar-refractivity contribution < 1.29 is 9.47 Å². The van der Waals surface area contributed by atoms with Gasteiger partial charge in [-0.05, 0) is 25.0 Å². The normalized spacial score (nSPS) is 20.8. The van der Waals surface area contributed by atoms with E-state index in [4.69, 9.17) is 9.47 Å². The molecule has 138 valence electrons. The minimum absolute atomic E-state index is 0.285. The Balaban J connectivity index is 1.26. The van der Waals surface area contributed by atoms with Gasteiger partial charge in [-0.25, -0.2) is 0 Å². The van der Waals surface area contributed by atoms with Crippen molar-refractivity contribution in [2.75, 3.05) is 26.2 Å². The van der Waals surface area contributed by atoms with Crippen LogP contribution in [0.3, 0.4) is 0 Å². The monoisotopic (exact) mass is 353 g/mol. The molecule has 1 aromatic carbocycles. The first kappa shape index (κ1) is 17.5. The van der Waals surface area contributed by atoms with E-state index in [1.807, 2.05) is 30.5 Å². The predicted octanol–water partition coefficient (Wildman–Crippen LogP) is 2.61. The molecular weight excluding hydrogens is 326 g/mol. The molecular formula is C21H27N3O2. The van der Waals surface area contributed by atoms with Gasteiger partial charge in [-0.2, -0.15) is 0 Å². The van der Waals surface area contributed by atoms with E-state index >= 15 is 0 Å². The molecule has 1 saturated carbocycles. The van der Waals surface area contributed by atoms with Gasteiger partial charge >= 0.3 is 0 Å². The van der Waals surface area contributed by atoms with Gasteiger partial charge < -0.3 is 14.8 Å². The van der Waals surface area contributed by atoms with Gasteiger partial charge in [0.15, 0.2) is 0 Å². The van der Waals surface area contributed by atoms with Gasteiger partial charge in [0, 0.05) is 55.7 Å². The number of para-hydroxylation sites is 1. The first-order valence-corrected chi connectivity index (χ1v) is 9.54. The van der Waals surface area contributed by atoms with E-state index in [2.05, 4.69) is 27.3 Å². The van der Waals surface area contributed by atoms with Gasteiger partial charge in [0.05, 0.1) is 12.7 Å². The van der Waals surface area contributed by atoms with E-state index in [1.54, 1.807) is 6.20 Å². The molecule has 2 heterocycles. The lowest BCUT2D eigenvalue weighted by Gasteiger charge is -2.33. The molecule has 2 aliphatic rings. The highest BCUT2D eigenvalue weighted by molar-refractivity contribution is 5.33. The molecule has 1 aliphatic carbocycles. The maximum absolute atomic E-state index is 6.00. The van der Waals surface area contributed by atoms with Gasteiger partial charge in [0.25, 0.3) is 0 Å². The zero-order chi connectivity index (χ0) is 17.6. The fourth-order valence-electron chi connectivity index (χ4n) is 3.44. The van der Waals surface area contributed by atoms with Gasteiger partial charge in [-0.15, -0.1) is 0 Å². The fraction of sp³-hybridized carbons (Fsp3) is 0.476. The van der Waals surface area contributed by atoms with Crippen LogP contribution < -0.4 is 10.1 Å². The Morgan fingerprint density at radius 3 is 2.96 bits per heavy atom. The van der Waals surface area contributed by atoms with Crippen molar-refractivity contribution in [1.29, 1.82) is 0 Å². The lowest BCUT2D eigenvalue weighted by molar-refractivity contribution is -0.0301. The summed E-state index contributed by atoms with van der Waals surface area (Å²) in [6.45, 7) is 5.19. The van der Waals surface area contributed by atoms with E-state index in [1.165, 1.54) is 18.4 Å². The summed E-state index contributed by atoms with van der Waals surface area (Å²) >= 11 is 0. The molecule has 0 radical (unpaired) electrons. The number of nitrogens with one attached hydrogen (secondary N) is 1. The molecule has 2 aromatic rings. The molecule has 0 spiro atoms. The van der Waals surface area contributed by atoms with Crippen molar-refractivity contribution in [2.45, 2.75) is 38.1 Å². The number of ether oxygens (including phenoxy) is 2. The minimum Gasteiger partial charge on any atom is -0.489 e. The molecule has 2 fully saturated rings. The topological polar surface area (TPSA) is 46.6 Å². The number of hydrogen-bond donors (Lipinski definition) is 1. The summed E-state index contributed by atoms with van der Waals surface area (Å²) in [5.41, 5.74) is 2.25. The Hall–Kier alpha value is -1.95. The molecule has 0 bridgehead atoms. The van der Waals surface area contributed by atoms with Crippen LogP contribution in [0.15, 0.2) is 48.8 Å². The first-order chi connectivity index (χ1) is 12.9. The smallest absolute Gasteiger partial charge is 0.124 e. The molecule has 4 rings (SSSR count). The lowest BCUT2D eigenvalue weighted by atomic mass is 10.2. The number of morpholine rings is 1. The Bertz CT molecular complexity index is 691. The predicted molar refractivity (Wildman–Crippen MR) is 101 cm³/mol. The van der Waals surface area contributed by atoms with E-state index in [9.17, 15) is 0 Å². The minimum atomic E-state index is 0.285. The lowest BCUT2D eigenvalue weighted by Crippen LogP contribution is -2.47. The van der Waals surface area contributed by atoms with Gasteiger partial charge in [-0.3, -0.25) is 9.88 Å². The van der Waals surface area contributed by atoms with Crippen LogP contribution in [0.2, 0.25) is 0 Å². The molecule has 1 N–H and O–H groups in total. The van der Waals surface area contributed by atoms with E-state index < -0.39 is 0 Å². The van der Waals surface area contributed by atoms with Gasteiger partial charge in [0.1, 0.15) is 12.4 Å². The average molecular weight is 353 g/mol. The molecule has 1 saturated heterocycles. The third kappa shape index (κ3) is 4.81. The number of rotatable bonds is 8. The second kappa shape index (κ2) is 8.62. The van der Waals surface area contributed by atoms with Crippen LogP contribution >= 0.6 is 0 Å². The second-order valence-electron chi connectivity index (χ2n) is 7.11. The number of pyridine rings is 1. The highest BCUT2D eigenvalue weighted by Gasteiger charge is 2.32. The van der Waals surface area contributed by atoms with Crippen LogP contribution in [0.1, 0.15) is 24.0 Å². The summed E-state index contributed by atoms with van der Waals surface area (Å²) < 4.78 is 11.9. The van der Waals surface area contributed by atoms with Crippen molar-refractivity contribution in [3.8, 4) is 5.75 Å². The second-order valence-corrected chi connectivity index (χ2v) is 7.11. The number of nitrogens with zero attached hydrogens (tertiary/aromatic N) is 2. The van der Waals surface area contributed by atoms with Crippen LogP contribution in [0.5, 0.6) is 5.75 Å². The largest absolute Gasteiger partial charge is 0.489 e. The quantitative estimate of drug-likeness (QED) is 0.790. The Labute approximate surface area is 155 Å². The maximum Gasteiger partial charge on any atom is 0.124 e. The van der Waals surface area contributed by atoms with E-state index in [0.29, 0.717) is 6.61 Å². The van der Waals surface area contributed by atoms with Crippen LogP contribution in [0, 0.1) is 0 Å². The standard InChI is InChI=1S/C21H27N3O2/c1-2-6-21(26-16-17-4-3-9-22-12-17)18(5-1)13-23-14-20-15-24(10-11-25-20)19-7-8-19/h1-6,9,12,19-20,23H,7-8,10-11,13-16H2/t20-/m1/s1. The number of aromatic nitrogens is 1. The summed E-state index contributed by atoms with van der Waals surface area (Å²) in [5.74, 6) is 0.924. The van der Waals surface area contributed by atoms with Gasteiger partial charge in [-0.1, -0.05) is 24.3 Å². The third-order valence-corrected chi connectivity index (χ3v) is 5.01. The summed E-state index contributed by atoms with van der Waals surface area (Å²) in [6.07, 6.45) is 6.63. The van der Waals surface area contributed by atoms with Crippen molar-refractivity contribution in [3.63, 3.8) is 0 Å². The molecule has 1 aliphatic heterocycles. The van der Waals surface area contributed by atoms with E-state index in [-0.39, 0.29) is 6.10 Å². The van der Waals surface area contributed by atoms with Gasteiger partial charge in [0.2, 0.25) is 0 Å². The Morgan fingerprint density at radius 2 is 2.12 bits per heavy atom. The third-order valence-electron chi connectivity index (χ3n) is 5.01. The Morgan fingerprint density at radius 1 is 1.19 bits per heavy atom.